The molecule has 0 radical (unpaired) electrons. The molecule has 1 heterocycles. The Morgan fingerprint density at radius 1 is 1.32 bits per heavy atom. The molecule has 0 spiro atoms. The van der Waals surface area contributed by atoms with Crippen LogP contribution in [-0.2, 0) is 0 Å². The average Bonchev–Trinajstić information content (AvgIpc) is 2.78. The SMILES string of the molecule is CC(C)C(CN)c1cncn1C1C2C3CCC(C3)C21. The molecule has 0 aliphatic heterocycles. The molecule has 19 heavy (non-hydrogen) atoms. The van der Waals surface area contributed by atoms with Gasteiger partial charge in [-0.3, -0.25) is 0 Å². The molecule has 3 aliphatic carbocycles. The van der Waals surface area contributed by atoms with E-state index in [1.165, 1.54) is 25.0 Å². The summed E-state index contributed by atoms with van der Waals surface area (Å²) in [5, 5.41) is 0. The molecule has 3 fully saturated rings. The number of nitrogens with zero attached hydrogens (tertiary/aromatic N) is 2. The largest absolute Gasteiger partial charge is 0.331 e. The van der Waals surface area contributed by atoms with Gasteiger partial charge in [0.2, 0.25) is 0 Å². The van der Waals surface area contributed by atoms with Crippen molar-refractivity contribution >= 4 is 0 Å². The van der Waals surface area contributed by atoms with Gasteiger partial charge in [0.05, 0.1) is 6.33 Å². The van der Waals surface area contributed by atoms with Crippen molar-refractivity contribution in [3.63, 3.8) is 0 Å². The molecule has 1 aromatic heterocycles. The Kier molecular flexibility index (Phi) is 2.57. The lowest BCUT2D eigenvalue weighted by atomic mass is 9.92. The fraction of sp³-hybridized carbons (Fsp3) is 0.812. The Hall–Kier alpha value is -0.830. The predicted molar refractivity (Wildman–Crippen MR) is 75.7 cm³/mol. The van der Waals surface area contributed by atoms with Crippen LogP contribution in [0.1, 0.15) is 50.8 Å². The summed E-state index contributed by atoms with van der Waals surface area (Å²) in [6.07, 6.45) is 8.62. The highest BCUT2D eigenvalue weighted by Gasteiger charge is 2.66. The van der Waals surface area contributed by atoms with E-state index in [2.05, 4.69) is 35.9 Å². The zero-order valence-electron chi connectivity index (χ0n) is 12.0. The second-order valence-corrected chi connectivity index (χ2v) is 7.29. The number of imidazole rings is 1. The normalized spacial score (nSPS) is 40.7. The summed E-state index contributed by atoms with van der Waals surface area (Å²) < 4.78 is 2.50. The lowest BCUT2D eigenvalue weighted by Gasteiger charge is -2.22. The maximum Gasteiger partial charge on any atom is 0.0951 e. The van der Waals surface area contributed by atoms with Gasteiger partial charge < -0.3 is 10.3 Å². The van der Waals surface area contributed by atoms with Crippen molar-refractivity contribution in [2.75, 3.05) is 6.54 Å². The van der Waals surface area contributed by atoms with E-state index in [0.29, 0.717) is 11.8 Å². The van der Waals surface area contributed by atoms with E-state index in [9.17, 15) is 0 Å². The Balaban J connectivity index is 1.62. The molecule has 3 nitrogen and oxygen atoms in total. The van der Waals surface area contributed by atoms with E-state index in [-0.39, 0.29) is 0 Å². The minimum Gasteiger partial charge on any atom is -0.331 e. The summed E-state index contributed by atoms with van der Waals surface area (Å²) in [7, 11) is 0. The second-order valence-electron chi connectivity index (χ2n) is 7.29. The van der Waals surface area contributed by atoms with Crippen LogP contribution >= 0.6 is 0 Å². The van der Waals surface area contributed by atoms with Crippen molar-refractivity contribution in [1.82, 2.24) is 9.55 Å². The van der Waals surface area contributed by atoms with Crippen LogP contribution in [0.5, 0.6) is 0 Å². The summed E-state index contributed by atoms with van der Waals surface area (Å²) in [4.78, 5) is 4.44. The molecule has 0 aromatic carbocycles. The fourth-order valence-corrected chi connectivity index (χ4v) is 5.24. The quantitative estimate of drug-likeness (QED) is 0.903. The number of hydrogen-bond donors (Lipinski definition) is 1. The highest BCUT2D eigenvalue weighted by Crippen LogP contribution is 2.71. The third-order valence-corrected chi connectivity index (χ3v) is 6.15. The van der Waals surface area contributed by atoms with Crippen LogP contribution in [0.15, 0.2) is 12.5 Å². The first-order chi connectivity index (χ1) is 9.22. The van der Waals surface area contributed by atoms with Crippen LogP contribution < -0.4 is 5.73 Å². The molecule has 0 saturated heterocycles. The van der Waals surface area contributed by atoms with E-state index in [1.807, 2.05) is 0 Å². The smallest absolute Gasteiger partial charge is 0.0951 e. The molecule has 2 bridgehead atoms. The molecule has 3 heteroatoms. The first-order valence-electron chi connectivity index (χ1n) is 7.94. The minimum absolute atomic E-state index is 0.460. The van der Waals surface area contributed by atoms with E-state index < -0.39 is 0 Å². The number of nitrogens with two attached hydrogens (primary N) is 1. The molecule has 1 aromatic rings. The molecule has 3 saturated carbocycles. The van der Waals surface area contributed by atoms with Gasteiger partial charge in [-0.05, 0) is 48.9 Å². The van der Waals surface area contributed by atoms with Crippen LogP contribution in [0.4, 0.5) is 0 Å². The summed E-state index contributed by atoms with van der Waals surface area (Å²) in [5.41, 5.74) is 7.38. The van der Waals surface area contributed by atoms with Crippen molar-refractivity contribution in [3.8, 4) is 0 Å². The topological polar surface area (TPSA) is 43.8 Å². The van der Waals surface area contributed by atoms with Gasteiger partial charge in [-0.15, -0.1) is 0 Å². The highest BCUT2D eigenvalue weighted by atomic mass is 15.1. The lowest BCUT2D eigenvalue weighted by Crippen LogP contribution is -2.21. The van der Waals surface area contributed by atoms with Gasteiger partial charge in [0, 0.05) is 30.4 Å². The van der Waals surface area contributed by atoms with E-state index in [4.69, 9.17) is 5.73 Å². The summed E-state index contributed by atoms with van der Waals surface area (Å²) in [6, 6.07) is 0.761. The third-order valence-electron chi connectivity index (χ3n) is 6.15. The van der Waals surface area contributed by atoms with E-state index in [0.717, 1.165) is 36.3 Å². The van der Waals surface area contributed by atoms with Crippen LogP contribution in [0.25, 0.3) is 0 Å². The zero-order valence-corrected chi connectivity index (χ0v) is 12.0. The zero-order chi connectivity index (χ0) is 13.1. The van der Waals surface area contributed by atoms with Gasteiger partial charge in [0.15, 0.2) is 0 Å². The highest BCUT2D eigenvalue weighted by molar-refractivity contribution is 5.20. The molecule has 4 rings (SSSR count). The summed E-state index contributed by atoms with van der Waals surface area (Å²) >= 11 is 0. The Morgan fingerprint density at radius 2 is 2.00 bits per heavy atom. The first kappa shape index (κ1) is 12.0. The van der Waals surface area contributed by atoms with Gasteiger partial charge in [0.25, 0.3) is 0 Å². The average molecular weight is 259 g/mol. The van der Waals surface area contributed by atoms with Crippen molar-refractivity contribution in [1.29, 1.82) is 0 Å². The van der Waals surface area contributed by atoms with Crippen molar-refractivity contribution < 1.29 is 0 Å². The van der Waals surface area contributed by atoms with Crippen LogP contribution in [0.3, 0.4) is 0 Å². The fourth-order valence-electron chi connectivity index (χ4n) is 5.24. The lowest BCUT2D eigenvalue weighted by molar-refractivity contribution is 0.420. The third kappa shape index (κ3) is 1.57. The summed E-state index contributed by atoms with van der Waals surface area (Å²) in [5.74, 6) is 5.03. The van der Waals surface area contributed by atoms with Crippen LogP contribution in [-0.4, -0.2) is 16.1 Å². The second kappa shape index (κ2) is 4.08. The predicted octanol–water partition coefficient (Wildman–Crippen LogP) is 2.80. The summed E-state index contributed by atoms with van der Waals surface area (Å²) in [6.45, 7) is 5.27. The van der Waals surface area contributed by atoms with Crippen molar-refractivity contribution in [2.45, 2.75) is 45.1 Å². The van der Waals surface area contributed by atoms with Gasteiger partial charge in [-0.2, -0.15) is 0 Å². The Morgan fingerprint density at radius 3 is 2.58 bits per heavy atom. The number of rotatable bonds is 4. The maximum atomic E-state index is 6.00. The van der Waals surface area contributed by atoms with Crippen LogP contribution in [0, 0.1) is 29.6 Å². The molecule has 5 unspecified atom stereocenters. The van der Waals surface area contributed by atoms with Gasteiger partial charge >= 0.3 is 0 Å². The molecular formula is C16H25N3. The Bertz CT molecular complexity index is 462. The number of hydrogen-bond acceptors (Lipinski definition) is 2. The van der Waals surface area contributed by atoms with Gasteiger partial charge in [-0.25, -0.2) is 4.98 Å². The standard InChI is InChI=1S/C16H25N3/c1-9(2)12(6-17)13-7-18-8-19(13)16-14-10-3-4-11(5-10)15(14)16/h7-12,14-16H,3-6,17H2,1-2H3. The van der Waals surface area contributed by atoms with Gasteiger partial charge in [-0.1, -0.05) is 13.8 Å². The van der Waals surface area contributed by atoms with Crippen molar-refractivity contribution in [3.05, 3.63) is 18.2 Å². The molecule has 0 amide bonds. The Labute approximate surface area is 115 Å². The first-order valence-corrected chi connectivity index (χ1v) is 7.94. The monoisotopic (exact) mass is 259 g/mol. The number of fused-ring (bicyclic) bond motifs is 5. The molecule has 104 valence electrons. The number of aromatic nitrogens is 2. The van der Waals surface area contributed by atoms with E-state index in [1.54, 1.807) is 0 Å². The van der Waals surface area contributed by atoms with Gasteiger partial charge in [0.1, 0.15) is 0 Å². The molecule has 3 aliphatic rings. The molecular weight excluding hydrogens is 234 g/mol. The molecule has 5 atom stereocenters. The molecule has 2 N–H and O–H groups in total. The van der Waals surface area contributed by atoms with Crippen LogP contribution in [0.2, 0.25) is 0 Å². The maximum absolute atomic E-state index is 6.00. The minimum atomic E-state index is 0.460. The van der Waals surface area contributed by atoms with Crippen molar-refractivity contribution in [2.24, 2.45) is 35.3 Å². The van der Waals surface area contributed by atoms with E-state index >= 15 is 0 Å².